The van der Waals surface area contributed by atoms with Crippen molar-refractivity contribution in [2.75, 3.05) is 5.32 Å². The average Bonchev–Trinajstić information content (AvgIpc) is 3.40. The van der Waals surface area contributed by atoms with Crippen LogP contribution in [0.1, 0.15) is 12.8 Å². The average molecular weight is 380 g/mol. The highest BCUT2D eigenvalue weighted by molar-refractivity contribution is 6.30. The van der Waals surface area contributed by atoms with Crippen LogP contribution in [-0.2, 0) is 0 Å². The maximum Gasteiger partial charge on any atom is 0.223 e. The number of hydrogen-bond acceptors (Lipinski definition) is 4. The predicted octanol–water partition coefficient (Wildman–Crippen LogP) is 4.83. The van der Waals surface area contributed by atoms with Gasteiger partial charge in [0.1, 0.15) is 11.5 Å². The van der Waals surface area contributed by atoms with Crippen LogP contribution >= 0.6 is 11.6 Å². The van der Waals surface area contributed by atoms with Gasteiger partial charge in [0.25, 0.3) is 0 Å². The van der Waals surface area contributed by atoms with E-state index in [0.717, 1.165) is 35.2 Å². The van der Waals surface area contributed by atoms with E-state index in [4.69, 9.17) is 11.6 Å². The number of hydrogen-bond donors (Lipinski definition) is 1. The van der Waals surface area contributed by atoms with Gasteiger partial charge in [-0.2, -0.15) is 5.10 Å². The first-order valence-corrected chi connectivity index (χ1v) is 9.09. The number of fused-ring (bicyclic) bond motifs is 1. The molecule has 134 valence electrons. The lowest BCUT2D eigenvalue weighted by atomic mass is 10.0. The molecule has 1 aromatic carbocycles. The molecule has 1 N–H and O–H groups in total. The number of halogens is 2. The molecule has 1 aliphatic carbocycles. The predicted molar refractivity (Wildman–Crippen MR) is 103 cm³/mol. The molecule has 27 heavy (non-hydrogen) atoms. The molecule has 0 atom stereocenters. The van der Waals surface area contributed by atoms with Crippen LogP contribution in [0.4, 0.5) is 10.3 Å². The van der Waals surface area contributed by atoms with Crippen LogP contribution in [0.5, 0.6) is 0 Å². The molecular weight excluding hydrogens is 365 g/mol. The first kappa shape index (κ1) is 16.2. The van der Waals surface area contributed by atoms with E-state index in [9.17, 15) is 4.39 Å². The Kier molecular flexibility index (Phi) is 3.79. The number of nitrogens with zero attached hydrogens (tertiary/aromatic N) is 4. The van der Waals surface area contributed by atoms with Crippen molar-refractivity contribution < 1.29 is 4.39 Å². The van der Waals surface area contributed by atoms with Crippen molar-refractivity contribution in [3.8, 4) is 22.5 Å². The summed E-state index contributed by atoms with van der Waals surface area (Å²) in [6, 6.07) is 12.3. The number of nitrogens with one attached hydrogen (secondary N) is 1. The van der Waals surface area contributed by atoms with E-state index in [1.54, 1.807) is 29.0 Å². The Morgan fingerprint density at radius 2 is 1.89 bits per heavy atom. The monoisotopic (exact) mass is 379 g/mol. The molecule has 1 fully saturated rings. The summed E-state index contributed by atoms with van der Waals surface area (Å²) in [5.74, 6) is 0.318. The van der Waals surface area contributed by atoms with Crippen LogP contribution < -0.4 is 5.32 Å². The third-order valence-corrected chi connectivity index (χ3v) is 4.76. The molecule has 1 saturated carbocycles. The second-order valence-corrected chi connectivity index (χ2v) is 7.03. The van der Waals surface area contributed by atoms with Crippen LogP contribution in [0.2, 0.25) is 5.02 Å². The van der Waals surface area contributed by atoms with Crippen LogP contribution in [-0.4, -0.2) is 25.6 Å². The summed E-state index contributed by atoms with van der Waals surface area (Å²) in [6.45, 7) is 0. The molecular formula is C20H15ClFN5. The number of benzene rings is 1. The summed E-state index contributed by atoms with van der Waals surface area (Å²) < 4.78 is 15.1. The zero-order valence-corrected chi connectivity index (χ0v) is 15.0. The normalized spacial score (nSPS) is 13.9. The van der Waals surface area contributed by atoms with Gasteiger partial charge >= 0.3 is 0 Å². The molecule has 5 nitrogen and oxygen atoms in total. The smallest absolute Gasteiger partial charge is 0.223 e. The van der Waals surface area contributed by atoms with Gasteiger partial charge in [-0.05, 0) is 55.3 Å². The van der Waals surface area contributed by atoms with E-state index >= 15 is 0 Å². The molecule has 7 heteroatoms. The van der Waals surface area contributed by atoms with E-state index in [1.165, 1.54) is 12.1 Å². The third kappa shape index (κ3) is 3.13. The largest absolute Gasteiger partial charge is 0.351 e. The number of aromatic nitrogens is 4. The molecule has 0 unspecified atom stereocenters. The molecule has 3 heterocycles. The maximum atomic E-state index is 13.4. The second-order valence-electron chi connectivity index (χ2n) is 6.59. The summed E-state index contributed by atoms with van der Waals surface area (Å²) in [5, 5.41) is 8.59. The summed E-state index contributed by atoms with van der Waals surface area (Å²) in [7, 11) is 0. The molecule has 0 aliphatic heterocycles. The lowest BCUT2D eigenvalue weighted by molar-refractivity contribution is 0.628. The summed E-state index contributed by atoms with van der Waals surface area (Å²) in [6.07, 6.45) is 5.77. The Hall–Kier alpha value is -2.99. The molecule has 1 aliphatic rings. The van der Waals surface area contributed by atoms with Crippen molar-refractivity contribution in [2.24, 2.45) is 0 Å². The van der Waals surface area contributed by atoms with Crippen molar-refractivity contribution >= 4 is 23.1 Å². The SMILES string of the molecule is Fc1ccc(-c2nn3cc(Cl)ccc3c2-c2ccnc(NC3CC3)n2)cc1. The summed E-state index contributed by atoms with van der Waals surface area (Å²) in [4.78, 5) is 9.01. The van der Waals surface area contributed by atoms with Gasteiger partial charge in [-0.25, -0.2) is 18.9 Å². The van der Waals surface area contributed by atoms with E-state index in [0.29, 0.717) is 22.7 Å². The fraction of sp³-hybridized carbons (Fsp3) is 0.150. The van der Waals surface area contributed by atoms with Crippen molar-refractivity contribution in [3.63, 3.8) is 0 Å². The fourth-order valence-corrected chi connectivity index (χ4v) is 3.22. The Morgan fingerprint density at radius 3 is 2.67 bits per heavy atom. The third-order valence-electron chi connectivity index (χ3n) is 4.53. The fourth-order valence-electron chi connectivity index (χ4n) is 3.06. The van der Waals surface area contributed by atoms with Crippen molar-refractivity contribution in [1.29, 1.82) is 0 Å². The molecule has 0 saturated heterocycles. The molecule has 0 radical (unpaired) electrons. The highest BCUT2D eigenvalue weighted by atomic mass is 35.5. The van der Waals surface area contributed by atoms with Crippen LogP contribution in [0.25, 0.3) is 28.0 Å². The van der Waals surface area contributed by atoms with Gasteiger partial charge in [-0.15, -0.1) is 0 Å². The minimum Gasteiger partial charge on any atom is -0.351 e. The Balaban J connectivity index is 1.71. The van der Waals surface area contributed by atoms with Gasteiger partial charge in [0.05, 0.1) is 21.8 Å². The van der Waals surface area contributed by atoms with Crippen molar-refractivity contribution in [2.45, 2.75) is 18.9 Å². The maximum absolute atomic E-state index is 13.4. The van der Waals surface area contributed by atoms with Gasteiger partial charge in [-0.3, -0.25) is 0 Å². The number of rotatable bonds is 4. The number of anilines is 1. The molecule has 0 spiro atoms. The first-order valence-electron chi connectivity index (χ1n) is 8.71. The van der Waals surface area contributed by atoms with Crippen molar-refractivity contribution in [1.82, 2.24) is 19.6 Å². The Morgan fingerprint density at radius 1 is 1.07 bits per heavy atom. The van der Waals surface area contributed by atoms with Gasteiger partial charge in [-0.1, -0.05) is 11.6 Å². The van der Waals surface area contributed by atoms with Gasteiger partial charge in [0, 0.05) is 24.0 Å². The van der Waals surface area contributed by atoms with Crippen LogP contribution in [0, 0.1) is 5.82 Å². The van der Waals surface area contributed by atoms with Gasteiger partial charge in [0.2, 0.25) is 5.95 Å². The standard InChI is InChI=1S/C20H15ClFN5/c21-13-3-8-17-18(16-9-10-23-20(25-16)24-15-6-7-15)19(26-27(17)11-13)12-1-4-14(22)5-2-12/h1-5,8-11,15H,6-7H2,(H,23,24,25). The first-order chi connectivity index (χ1) is 13.2. The van der Waals surface area contributed by atoms with Crippen LogP contribution in [0.3, 0.4) is 0 Å². The van der Waals surface area contributed by atoms with Gasteiger partial charge < -0.3 is 5.32 Å². The van der Waals surface area contributed by atoms with E-state index in [-0.39, 0.29) is 5.82 Å². The zero-order chi connectivity index (χ0) is 18.4. The minimum atomic E-state index is -0.287. The molecule has 0 amide bonds. The highest BCUT2D eigenvalue weighted by Gasteiger charge is 2.23. The van der Waals surface area contributed by atoms with E-state index in [1.807, 2.05) is 18.2 Å². The lowest BCUT2D eigenvalue weighted by Crippen LogP contribution is -2.05. The Bertz CT molecular complexity index is 1140. The minimum absolute atomic E-state index is 0.287. The molecule has 0 bridgehead atoms. The molecule has 5 rings (SSSR count). The Labute approximate surface area is 159 Å². The molecule has 3 aromatic heterocycles. The molecule has 4 aromatic rings. The van der Waals surface area contributed by atoms with Crippen molar-refractivity contribution in [3.05, 3.63) is 65.7 Å². The van der Waals surface area contributed by atoms with E-state index < -0.39 is 0 Å². The van der Waals surface area contributed by atoms with E-state index in [2.05, 4.69) is 20.4 Å². The lowest BCUT2D eigenvalue weighted by Gasteiger charge is -2.06. The van der Waals surface area contributed by atoms with Crippen LogP contribution in [0.15, 0.2) is 54.9 Å². The quantitative estimate of drug-likeness (QED) is 0.552. The summed E-state index contributed by atoms with van der Waals surface area (Å²) >= 11 is 6.14. The summed E-state index contributed by atoms with van der Waals surface area (Å²) in [5.41, 5.74) is 4.01. The second kappa shape index (κ2) is 6.32. The number of pyridine rings is 1. The highest BCUT2D eigenvalue weighted by Crippen LogP contribution is 2.35. The zero-order valence-electron chi connectivity index (χ0n) is 14.2. The van der Waals surface area contributed by atoms with Gasteiger partial charge in [0.15, 0.2) is 0 Å². The topological polar surface area (TPSA) is 55.1 Å².